The van der Waals surface area contributed by atoms with Crippen LogP contribution in [0.1, 0.15) is 52.4 Å². The molecule has 0 aliphatic carbocycles. The highest BCUT2D eigenvalue weighted by Gasteiger charge is 2.23. The molecule has 0 saturated carbocycles. The average Bonchev–Trinajstić information content (AvgIpc) is 2.69. The first kappa shape index (κ1) is 17.5. The van der Waals surface area contributed by atoms with E-state index in [0.29, 0.717) is 17.9 Å². The summed E-state index contributed by atoms with van der Waals surface area (Å²) in [6.45, 7) is 12.2. The third-order valence-corrected chi connectivity index (χ3v) is 4.70. The Morgan fingerprint density at radius 1 is 1.25 bits per heavy atom. The Balaban J connectivity index is 2.91. The summed E-state index contributed by atoms with van der Waals surface area (Å²) in [6, 6.07) is 0.451. The minimum atomic E-state index is 0.451. The van der Waals surface area contributed by atoms with Gasteiger partial charge < -0.3 is 5.32 Å². The molecule has 1 heterocycles. The van der Waals surface area contributed by atoms with Crippen molar-refractivity contribution in [3.63, 3.8) is 0 Å². The van der Waals surface area contributed by atoms with Crippen LogP contribution in [0.15, 0.2) is 0 Å². The van der Waals surface area contributed by atoms with E-state index < -0.39 is 0 Å². The van der Waals surface area contributed by atoms with E-state index in [9.17, 15) is 0 Å². The van der Waals surface area contributed by atoms with Gasteiger partial charge in [-0.3, -0.25) is 4.68 Å². The first-order chi connectivity index (χ1) is 9.42. The zero-order valence-electron chi connectivity index (χ0n) is 13.8. The van der Waals surface area contributed by atoms with E-state index in [4.69, 9.17) is 11.6 Å². The van der Waals surface area contributed by atoms with Crippen molar-refractivity contribution in [2.45, 2.75) is 59.9 Å². The third kappa shape index (κ3) is 4.23. The van der Waals surface area contributed by atoms with Crippen molar-refractivity contribution in [3.05, 3.63) is 16.4 Å². The lowest BCUT2D eigenvalue weighted by molar-refractivity contribution is 0.293. The normalized spacial score (nSPS) is 14.8. The van der Waals surface area contributed by atoms with Gasteiger partial charge in [0.15, 0.2) is 0 Å². The summed E-state index contributed by atoms with van der Waals surface area (Å²) in [6.07, 6.45) is 2.99. The van der Waals surface area contributed by atoms with Gasteiger partial charge in [-0.15, -0.1) is 0 Å². The first-order valence-electron chi connectivity index (χ1n) is 7.85. The molecule has 0 spiro atoms. The molecule has 1 N–H and O–H groups in total. The topological polar surface area (TPSA) is 29.9 Å². The van der Waals surface area contributed by atoms with Crippen LogP contribution in [0.3, 0.4) is 0 Å². The third-order valence-electron chi connectivity index (χ3n) is 4.26. The number of nitrogens with zero attached hydrogens (tertiary/aromatic N) is 2. The molecule has 0 aromatic carbocycles. The molecule has 1 aromatic rings. The van der Waals surface area contributed by atoms with Gasteiger partial charge >= 0.3 is 0 Å². The molecule has 4 heteroatoms. The van der Waals surface area contributed by atoms with Crippen LogP contribution in [-0.4, -0.2) is 22.4 Å². The van der Waals surface area contributed by atoms with Gasteiger partial charge in [0.05, 0.1) is 16.4 Å². The highest BCUT2D eigenvalue weighted by atomic mass is 35.5. The quantitative estimate of drug-likeness (QED) is 0.790. The lowest BCUT2D eigenvalue weighted by atomic mass is 9.87. The van der Waals surface area contributed by atoms with Crippen LogP contribution >= 0.6 is 11.6 Å². The van der Waals surface area contributed by atoms with Crippen LogP contribution in [0.2, 0.25) is 5.02 Å². The molecule has 0 fully saturated rings. The second-order valence-corrected chi connectivity index (χ2v) is 6.43. The molecule has 3 nitrogen and oxygen atoms in total. The zero-order valence-corrected chi connectivity index (χ0v) is 14.6. The Morgan fingerprint density at radius 3 is 2.35 bits per heavy atom. The lowest BCUT2D eigenvalue weighted by Crippen LogP contribution is -2.40. The van der Waals surface area contributed by atoms with Gasteiger partial charge in [0.2, 0.25) is 0 Å². The van der Waals surface area contributed by atoms with Crippen LogP contribution in [0.5, 0.6) is 0 Å². The number of rotatable bonds is 8. The number of hydrogen-bond donors (Lipinski definition) is 1. The van der Waals surface area contributed by atoms with Crippen LogP contribution in [0.25, 0.3) is 0 Å². The molecular formula is C16H30ClN3. The predicted octanol–water partition coefficient (Wildman–Crippen LogP) is 3.84. The average molecular weight is 300 g/mol. The van der Waals surface area contributed by atoms with Crippen molar-refractivity contribution in [1.29, 1.82) is 0 Å². The Bertz CT molecular complexity index is 412. The summed E-state index contributed by atoms with van der Waals surface area (Å²) < 4.78 is 1.95. The van der Waals surface area contributed by atoms with Gasteiger partial charge in [-0.1, -0.05) is 46.2 Å². The molecule has 1 rings (SSSR count). The van der Waals surface area contributed by atoms with Gasteiger partial charge in [0, 0.05) is 19.5 Å². The lowest BCUT2D eigenvalue weighted by Gasteiger charge is -2.28. The van der Waals surface area contributed by atoms with E-state index >= 15 is 0 Å². The molecule has 0 bridgehead atoms. The minimum absolute atomic E-state index is 0.451. The molecule has 0 aliphatic rings. The van der Waals surface area contributed by atoms with Crippen molar-refractivity contribution in [3.8, 4) is 0 Å². The van der Waals surface area contributed by atoms with Gasteiger partial charge in [-0.2, -0.15) is 5.10 Å². The molecule has 2 atom stereocenters. The van der Waals surface area contributed by atoms with E-state index in [-0.39, 0.29) is 0 Å². The highest BCUT2D eigenvalue weighted by molar-refractivity contribution is 6.31. The summed E-state index contributed by atoms with van der Waals surface area (Å²) in [5.74, 6) is 1.26. The monoisotopic (exact) mass is 299 g/mol. The summed E-state index contributed by atoms with van der Waals surface area (Å²) in [7, 11) is 2.00. The fourth-order valence-corrected chi connectivity index (χ4v) is 2.86. The van der Waals surface area contributed by atoms with Gasteiger partial charge in [0.25, 0.3) is 0 Å². The van der Waals surface area contributed by atoms with Gasteiger partial charge in [-0.05, 0) is 31.2 Å². The molecule has 116 valence electrons. The Kier molecular flexibility index (Phi) is 7.04. The summed E-state index contributed by atoms with van der Waals surface area (Å²) in [5, 5.41) is 9.06. The summed E-state index contributed by atoms with van der Waals surface area (Å²) in [5.41, 5.74) is 2.17. The zero-order chi connectivity index (χ0) is 15.3. The molecule has 0 saturated heterocycles. The molecule has 1 aromatic heterocycles. The fourth-order valence-electron chi connectivity index (χ4n) is 2.49. The van der Waals surface area contributed by atoms with E-state index in [0.717, 1.165) is 42.2 Å². The van der Waals surface area contributed by atoms with Gasteiger partial charge in [0.1, 0.15) is 0 Å². The maximum atomic E-state index is 6.48. The molecule has 20 heavy (non-hydrogen) atoms. The van der Waals surface area contributed by atoms with Crippen molar-refractivity contribution in [2.24, 2.45) is 18.9 Å². The van der Waals surface area contributed by atoms with Crippen LogP contribution in [0, 0.1) is 11.8 Å². The number of aryl methyl sites for hydroxylation is 2. The SMILES string of the molecule is CCCNC(Cc1c(Cl)c(CC)nn1C)C(C)C(C)C. The Morgan fingerprint density at radius 2 is 1.90 bits per heavy atom. The predicted molar refractivity (Wildman–Crippen MR) is 87.4 cm³/mol. The van der Waals surface area contributed by atoms with E-state index in [1.165, 1.54) is 0 Å². The maximum absolute atomic E-state index is 6.48. The second-order valence-electron chi connectivity index (χ2n) is 6.05. The number of nitrogens with one attached hydrogen (secondary N) is 1. The van der Waals surface area contributed by atoms with Crippen molar-refractivity contribution in [2.75, 3.05) is 6.54 Å². The van der Waals surface area contributed by atoms with E-state index in [1.807, 2.05) is 11.7 Å². The second kappa shape index (κ2) is 8.04. The van der Waals surface area contributed by atoms with E-state index in [2.05, 4.69) is 45.0 Å². The van der Waals surface area contributed by atoms with Crippen LogP contribution in [-0.2, 0) is 19.9 Å². The smallest absolute Gasteiger partial charge is 0.0850 e. The van der Waals surface area contributed by atoms with Crippen molar-refractivity contribution < 1.29 is 0 Å². The Labute approximate surface area is 129 Å². The van der Waals surface area contributed by atoms with Gasteiger partial charge in [-0.25, -0.2) is 0 Å². The van der Waals surface area contributed by atoms with E-state index in [1.54, 1.807) is 0 Å². The summed E-state index contributed by atoms with van der Waals surface area (Å²) in [4.78, 5) is 0. The Hall–Kier alpha value is -0.540. The molecule has 0 aliphatic heterocycles. The molecular weight excluding hydrogens is 270 g/mol. The van der Waals surface area contributed by atoms with Crippen molar-refractivity contribution in [1.82, 2.24) is 15.1 Å². The standard InChI is InChI=1S/C16H30ClN3/c1-7-9-18-14(12(5)11(3)4)10-15-16(17)13(8-2)19-20(15)6/h11-12,14,18H,7-10H2,1-6H3. The molecule has 0 radical (unpaired) electrons. The minimum Gasteiger partial charge on any atom is -0.313 e. The maximum Gasteiger partial charge on any atom is 0.0850 e. The molecule has 0 amide bonds. The number of hydrogen-bond acceptors (Lipinski definition) is 2. The number of aromatic nitrogens is 2. The van der Waals surface area contributed by atoms with Crippen LogP contribution < -0.4 is 5.32 Å². The molecule has 2 unspecified atom stereocenters. The fraction of sp³-hybridized carbons (Fsp3) is 0.812. The largest absolute Gasteiger partial charge is 0.313 e. The summed E-state index contributed by atoms with van der Waals surface area (Å²) >= 11 is 6.48. The van der Waals surface area contributed by atoms with Crippen molar-refractivity contribution >= 4 is 11.6 Å². The highest BCUT2D eigenvalue weighted by Crippen LogP contribution is 2.25. The first-order valence-corrected chi connectivity index (χ1v) is 8.23. The number of halogens is 1. The van der Waals surface area contributed by atoms with Crippen LogP contribution in [0.4, 0.5) is 0 Å².